The van der Waals surface area contributed by atoms with Gasteiger partial charge in [-0.05, 0) is 43.3 Å². The van der Waals surface area contributed by atoms with Crippen LogP contribution in [-0.4, -0.2) is 40.5 Å². The number of carboxylic acids is 1. The Morgan fingerprint density at radius 3 is 2.42 bits per heavy atom. The zero-order valence-corrected chi connectivity index (χ0v) is 16.3. The van der Waals surface area contributed by atoms with Gasteiger partial charge < -0.3 is 19.6 Å². The Morgan fingerprint density at radius 2 is 1.77 bits per heavy atom. The second-order valence-corrected chi connectivity index (χ2v) is 7.42. The predicted octanol–water partition coefficient (Wildman–Crippen LogP) is 1.34. The first-order valence-corrected chi connectivity index (χ1v) is 9.43. The lowest BCUT2D eigenvalue weighted by Crippen LogP contribution is -2.52. The van der Waals surface area contributed by atoms with E-state index >= 15 is 0 Å². The fourth-order valence-corrected chi connectivity index (χ4v) is 3.85. The number of amides is 3. The van der Waals surface area contributed by atoms with Gasteiger partial charge in [0.2, 0.25) is 5.91 Å². The molecule has 1 aromatic heterocycles. The van der Waals surface area contributed by atoms with Gasteiger partial charge in [0.05, 0.1) is 23.9 Å². The maximum atomic E-state index is 12.6. The first-order chi connectivity index (χ1) is 14.8. The van der Waals surface area contributed by atoms with E-state index in [1.54, 1.807) is 25.1 Å². The monoisotopic (exact) mass is 425 g/mol. The molecule has 0 spiro atoms. The molecule has 0 saturated carbocycles. The molecule has 0 aliphatic carbocycles. The van der Waals surface area contributed by atoms with Crippen LogP contribution >= 0.6 is 0 Å². The number of rotatable bonds is 5. The molecule has 2 bridgehead atoms. The van der Waals surface area contributed by atoms with E-state index in [0.29, 0.717) is 5.69 Å². The van der Waals surface area contributed by atoms with Gasteiger partial charge in [0.1, 0.15) is 5.92 Å². The van der Waals surface area contributed by atoms with Crippen molar-refractivity contribution in [3.05, 3.63) is 66.1 Å². The second-order valence-electron chi connectivity index (χ2n) is 7.42. The number of carbonyl (C=O) groups is 4. The van der Waals surface area contributed by atoms with Crippen molar-refractivity contribution in [2.45, 2.75) is 18.6 Å². The van der Waals surface area contributed by atoms with Crippen LogP contribution in [0.1, 0.15) is 27.8 Å². The Kier molecular flexibility index (Phi) is 5.07. The van der Waals surface area contributed by atoms with Crippen molar-refractivity contribution < 1.29 is 33.4 Å². The Balaban J connectivity index is 1.35. The van der Waals surface area contributed by atoms with Gasteiger partial charge >= 0.3 is 5.97 Å². The van der Waals surface area contributed by atoms with Crippen molar-refractivity contribution in [2.75, 3.05) is 5.32 Å². The summed E-state index contributed by atoms with van der Waals surface area (Å²) in [6, 6.07) is 9.08. The zero-order chi connectivity index (χ0) is 22.2. The Hall–Kier alpha value is -3.92. The highest BCUT2D eigenvalue weighted by molar-refractivity contribution is 6.02. The average Bonchev–Trinajstić information content (AvgIpc) is 3.46. The zero-order valence-electron chi connectivity index (χ0n) is 16.3. The van der Waals surface area contributed by atoms with Gasteiger partial charge in [-0.15, -0.1) is 0 Å². The van der Waals surface area contributed by atoms with Crippen LogP contribution in [0.15, 0.2) is 59.2 Å². The van der Waals surface area contributed by atoms with Crippen molar-refractivity contribution >= 4 is 29.4 Å². The Morgan fingerprint density at radius 1 is 1.03 bits per heavy atom. The number of hydrogen-bond donors (Lipinski definition) is 4. The van der Waals surface area contributed by atoms with Crippen LogP contribution in [0.4, 0.5) is 5.69 Å². The molecule has 1 fully saturated rings. The molecule has 160 valence electrons. The number of furan rings is 1. The second kappa shape index (κ2) is 7.73. The fraction of sp³-hybridized carbons (Fsp3) is 0.238. The minimum Gasteiger partial charge on any atom is -0.481 e. The molecule has 10 heteroatoms. The maximum Gasteiger partial charge on any atom is 0.310 e. The van der Waals surface area contributed by atoms with Crippen LogP contribution < -0.4 is 16.2 Å². The molecule has 3 amide bonds. The lowest BCUT2D eigenvalue weighted by atomic mass is 9.76. The molecule has 2 aliphatic heterocycles. The summed E-state index contributed by atoms with van der Waals surface area (Å²) in [7, 11) is 0. The molecule has 0 radical (unpaired) electrons. The van der Waals surface area contributed by atoms with E-state index in [1.165, 1.54) is 36.6 Å². The van der Waals surface area contributed by atoms with Crippen LogP contribution in [0, 0.1) is 11.8 Å². The van der Waals surface area contributed by atoms with Gasteiger partial charge in [0.25, 0.3) is 11.8 Å². The van der Waals surface area contributed by atoms with Crippen molar-refractivity contribution in [1.29, 1.82) is 0 Å². The number of anilines is 1. The van der Waals surface area contributed by atoms with E-state index in [1.807, 2.05) is 0 Å². The summed E-state index contributed by atoms with van der Waals surface area (Å²) in [4.78, 5) is 48.5. The van der Waals surface area contributed by atoms with Gasteiger partial charge in [-0.25, -0.2) is 0 Å². The van der Waals surface area contributed by atoms with E-state index in [0.717, 1.165) is 0 Å². The quantitative estimate of drug-likeness (QED) is 0.417. The Bertz CT molecular complexity index is 1060. The summed E-state index contributed by atoms with van der Waals surface area (Å²) in [5.74, 6) is -4.71. The molecular weight excluding hydrogens is 406 g/mol. The third-order valence-electron chi connectivity index (χ3n) is 5.35. The molecule has 2 aromatic rings. The molecule has 31 heavy (non-hydrogen) atoms. The molecule has 10 nitrogen and oxygen atoms in total. The fourth-order valence-electron chi connectivity index (χ4n) is 3.85. The molecule has 2 aliphatic rings. The number of ether oxygens (including phenoxy) is 1. The van der Waals surface area contributed by atoms with Crippen LogP contribution in [0.25, 0.3) is 0 Å². The lowest BCUT2D eigenvalue weighted by Gasteiger charge is -2.27. The van der Waals surface area contributed by atoms with E-state index in [-0.39, 0.29) is 11.3 Å². The number of hydrazine groups is 1. The normalized spacial score (nSPS) is 25.8. The van der Waals surface area contributed by atoms with Crippen molar-refractivity contribution in [3.8, 4) is 0 Å². The average molecular weight is 425 g/mol. The topological polar surface area (TPSA) is 147 Å². The number of hydrogen-bond acceptors (Lipinski definition) is 6. The van der Waals surface area contributed by atoms with Crippen LogP contribution in [-0.2, 0) is 14.3 Å². The highest BCUT2D eigenvalue weighted by Gasteiger charge is 2.59. The summed E-state index contributed by atoms with van der Waals surface area (Å²) in [6.07, 6.45) is 4.00. The largest absolute Gasteiger partial charge is 0.481 e. The number of aliphatic carboxylic acids is 1. The number of nitrogens with one attached hydrogen (secondary N) is 3. The number of carboxylic acid groups (broad SMARTS) is 1. The first kappa shape index (κ1) is 20.4. The van der Waals surface area contributed by atoms with Gasteiger partial charge in [-0.1, -0.05) is 12.2 Å². The first-order valence-electron chi connectivity index (χ1n) is 9.43. The van der Waals surface area contributed by atoms with Gasteiger partial charge in [0, 0.05) is 11.3 Å². The van der Waals surface area contributed by atoms with E-state index in [2.05, 4.69) is 16.2 Å². The van der Waals surface area contributed by atoms with Crippen LogP contribution in [0.3, 0.4) is 0 Å². The van der Waals surface area contributed by atoms with Crippen molar-refractivity contribution in [2.24, 2.45) is 11.8 Å². The maximum absolute atomic E-state index is 12.6. The summed E-state index contributed by atoms with van der Waals surface area (Å²) in [5.41, 5.74) is 4.19. The molecule has 4 rings (SSSR count). The summed E-state index contributed by atoms with van der Waals surface area (Å²) in [6.45, 7) is 1.63. The highest BCUT2D eigenvalue weighted by Crippen LogP contribution is 2.46. The van der Waals surface area contributed by atoms with Gasteiger partial charge in [-0.3, -0.25) is 30.0 Å². The molecular formula is C21H19N3O7. The number of benzene rings is 1. The molecule has 4 atom stereocenters. The smallest absolute Gasteiger partial charge is 0.310 e. The number of fused-ring (bicyclic) bond motifs is 2. The third kappa shape index (κ3) is 3.80. The van der Waals surface area contributed by atoms with Gasteiger partial charge in [0.15, 0.2) is 5.76 Å². The van der Waals surface area contributed by atoms with E-state index < -0.39 is 47.2 Å². The number of carbonyl (C=O) groups excluding carboxylic acids is 3. The molecule has 0 unspecified atom stereocenters. The lowest BCUT2D eigenvalue weighted by molar-refractivity contribution is -0.147. The van der Waals surface area contributed by atoms with Crippen LogP contribution in [0.5, 0.6) is 0 Å². The van der Waals surface area contributed by atoms with E-state index in [9.17, 15) is 24.3 Å². The molecule has 3 heterocycles. The summed E-state index contributed by atoms with van der Waals surface area (Å²) < 4.78 is 10.6. The van der Waals surface area contributed by atoms with Crippen LogP contribution in [0.2, 0.25) is 0 Å². The van der Waals surface area contributed by atoms with Gasteiger partial charge in [-0.2, -0.15) is 0 Å². The van der Waals surface area contributed by atoms with E-state index in [4.69, 9.17) is 9.15 Å². The molecule has 1 aromatic carbocycles. The third-order valence-corrected chi connectivity index (χ3v) is 5.35. The Labute approximate surface area is 176 Å². The standard InChI is InChI=1S/C21H19N3O7/c1-21-9-8-13(31-21)15(20(28)29)16(21)19(27)24-23-17(25)11-4-6-12(7-5-11)22-18(26)14-3-2-10-30-14/h2-10,13,15-16H,1H3,(H,22,26)(H,23,25)(H,24,27)(H,28,29)/t13-,15+,16+,21+/m1/s1. The molecule has 4 N–H and O–H groups in total. The minimum atomic E-state index is -1.14. The molecule has 1 saturated heterocycles. The summed E-state index contributed by atoms with van der Waals surface area (Å²) >= 11 is 0. The highest BCUT2D eigenvalue weighted by atomic mass is 16.5. The summed E-state index contributed by atoms with van der Waals surface area (Å²) in [5, 5.41) is 12.1. The minimum absolute atomic E-state index is 0.150. The van der Waals surface area contributed by atoms with Crippen molar-refractivity contribution in [3.63, 3.8) is 0 Å². The van der Waals surface area contributed by atoms with Crippen molar-refractivity contribution in [1.82, 2.24) is 10.9 Å². The SMILES string of the molecule is C[C@@]12C=C[C@@H](O1)[C@H](C(=O)O)[C@H]2C(=O)NNC(=O)c1ccc(NC(=O)c2ccco2)cc1. The predicted molar refractivity (Wildman–Crippen MR) is 106 cm³/mol.